The number of carbonyl (C=O) groups is 4. The Hall–Kier alpha value is -5.64. The Labute approximate surface area is 291 Å². The molecule has 0 aromatic heterocycles. The largest absolute Gasteiger partial charge is 0.481 e. The van der Waals surface area contributed by atoms with Crippen molar-refractivity contribution in [1.82, 2.24) is 9.80 Å². The first-order valence-corrected chi connectivity index (χ1v) is 16.9. The van der Waals surface area contributed by atoms with Crippen molar-refractivity contribution >= 4 is 23.8 Å². The van der Waals surface area contributed by atoms with E-state index in [-0.39, 0.29) is 26.2 Å². The molecule has 0 spiro atoms. The lowest BCUT2D eigenvalue weighted by molar-refractivity contribution is -0.187. The molecule has 0 aliphatic heterocycles. The maximum absolute atomic E-state index is 14.3. The molecule has 4 unspecified atom stereocenters. The lowest BCUT2D eigenvalue weighted by Gasteiger charge is -2.48. The number of nitrogens with zero attached hydrogens (tertiary/aromatic N) is 2. The molecule has 1 fully saturated rings. The van der Waals surface area contributed by atoms with E-state index >= 15 is 0 Å². The van der Waals surface area contributed by atoms with Gasteiger partial charge in [0, 0.05) is 26.2 Å². The molecule has 1 saturated carbocycles. The number of para-hydroxylation sites is 2. The molecule has 4 aromatic carbocycles. The van der Waals surface area contributed by atoms with Gasteiger partial charge in [0.2, 0.25) is 11.8 Å². The first-order valence-electron chi connectivity index (χ1n) is 16.9. The first-order chi connectivity index (χ1) is 24.2. The van der Waals surface area contributed by atoms with Gasteiger partial charge >= 0.3 is 11.9 Å². The summed E-state index contributed by atoms with van der Waals surface area (Å²) < 4.78 is 11.9. The highest BCUT2D eigenvalue weighted by Crippen LogP contribution is 2.49. The molecular weight excluding hydrogens is 636 g/mol. The fourth-order valence-corrected chi connectivity index (χ4v) is 6.58. The van der Waals surface area contributed by atoms with E-state index in [1.807, 2.05) is 86.6 Å². The zero-order valence-corrected chi connectivity index (χ0v) is 28.2. The van der Waals surface area contributed by atoms with Crippen LogP contribution in [0, 0.1) is 23.7 Å². The van der Waals surface area contributed by atoms with Crippen LogP contribution in [0.4, 0.5) is 0 Å². The summed E-state index contributed by atoms with van der Waals surface area (Å²) >= 11 is 0. The van der Waals surface area contributed by atoms with Crippen LogP contribution in [0.2, 0.25) is 0 Å². The zero-order valence-electron chi connectivity index (χ0n) is 28.2. The molecule has 4 aromatic rings. The number of ether oxygens (including phenoxy) is 2. The average Bonchev–Trinajstić information content (AvgIpc) is 3.08. The summed E-state index contributed by atoms with van der Waals surface area (Å²) in [6, 6.07) is 33.0. The Kier molecular flexibility index (Phi) is 11.9. The molecule has 50 heavy (non-hydrogen) atoms. The highest BCUT2D eigenvalue weighted by Gasteiger charge is 2.64. The predicted octanol–water partition coefficient (Wildman–Crippen LogP) is 7.10. The van der Waals surface area contributed by atoms with Crippen LogP contribution in [0.1, 0.15) is 37.8 Å². The third-order valence-corrected chi connectivity index (χ3v) is 8.80. The number of benzene rings is 4. The highest BCUT2D eigenvalue weighted by atomic mass is 16.5. The van der Waals surface area contributed by atoms with E-state index in [0.29, 0.717) is 35.8 Å². The molecule has 0 saturated heterocycles. The molecule has 260 valence electrons. The van der Waals surface area contributed by atoms with Gasteiger partial charge in [0.05, 0.1) is 23.7 Å². The van der Waals surface area contributed by atoms with E-state index in [1.54, 1.807) is 36.4 Å². The lowest BCUT2D eigenvalue weighted by atomic mass is 9.55. The zero-order chi connectivity index (χ0) is 35.6. The normalized spacial score (nSPS) is 18.0. The number of carboxylic acids is 2. The van der Waals surface area contributed by atoms with Gasteiger partial charge in [-0.3, -0.25) is 19.2 Å². The summed E-state index contributed by atoms with van der Waals surface area (Å²) in [7, 11) is 0. The highest BCUT2D eigenvalue weighted by molar-refractivity contribution is 5.99. The molecule has 4 atom stereocenters. The van der Waals surface area contributed by atoms with Crippen molar-refractivity contribution < 1.29 is 38.9 Å². The van der Waals surface area contributed by atoms with Gasteiger partial charge in [-0.1, -0.05) is 74.5 Å². The van der Waals surface area contributed by atoms with Gasteiger partial charge in [-0.15, -0.1) is 0 Å². The van der Waals surface area contributed by atoms with Crippen molar-refractivity contribution in [3.05, 3.63) is 120 Å². The molecule has 0 bridgehead atoms. The van der Waals surface area contributed by atoms with Crippen LogP contribution < -0.4 is 9.47 Å². The van der Waals surface area contributed by atoms with E-state index in [4.69, 9.17) is 9.47 Å². The molecule has 10 heteroatoms. The second-order valence-corrected chi connectivity index (χ2v) is 12.4. The van der Waals surface area contributed by atoms with Crippen molar-refractivity contribution in [3.63, 3.8) is 0 Å². The Morgan fingerprint density at radius 1 is 0.520 bits per heavy atom. The van der Waals surface area contributed by atoms with Gasteiger partial charge in [-0.25, -0.2) is 0 Å². The second kappa shape index (κ2) is 16.6. The van der Waals surface area contributed by atoms with Gasteiger partial charge in [-0.2, -0.15) is 0 Å². The summed E-state index contributed by atoms with van der Waals surface area (Å²) in [5, 5.41) is 20.4. The fourth-order valence-electron chi connectivity index (χ4n) is 6.58. The van der Waals surface area contributed by atoms with Gasteiger partial charge < -0.3 is 29.5 Å². The van der Waals surface area contributed by atoms with Crippen LogP contribution in [0.5, 0.6) is 23.0 Å². The number of hydrogen-bond donors (Lipinski definition) is 2. The maximum atomic E-state index is 14.3. The molecular formula is C40H42N2O8. The number of amides is 2. The average molecular weight is 679 g/mol. The molecule has 5 rings (SSSR count). The number of hydrogen-bond acceptors (Lipinski definition) is 6. The smallest absolute Gasteiger partial charge is 0.308 e. The summed E-state index contributed by atoms with van der Waals surface area (Å²) in [5.41, 5.74) is 1.49. The fraction of sp³-hybridized carbons (Fsp3) is 0.300. The molecule has 1 aliphatic rings. The van der Waals surface area contributed by atoms with Crippen LogP contribution >= 0.6 is 0 Å². The number of aliphatic carboxylic acids is 2. The van der Waals surface area contributed by atoms with E-state index < -0.39 is 47.4 Å². The minimum atomic E-state index is -1.55. The monoisotopic (exact) mass is 678 g/mol. The van der Waals surface area contributed by atoms with Crippen molar-refractivity contribution in [2.24, 2.45) is 23.7 Å². The topological polar surface area (TPSA) is 134 Å². The van der Waals surface area contributed by atoms with Crippen LogP contribution in [0.15, 0.2) is 109 Å². The van der Waals surface area contributed by atoms with Gasteiger partial charge in [0.1, 0.15) is 23.0 Å². The first kappa shape index (κ1) is 35.7. The number of carboxylic acid groups (broad SMARTS) is 2. The van der Waals surface area contributed by atoms with Gasteiger partial charge in [0.25, 0.3) is 0 Å². The van der Waals surface area contributed by atoms with E-state index in [1.165, 1.54) is 9.80 Å². The summed E-state index contributed by atoms with van der Waals surface area (Å²) in [6.45, 7) is 4.63. The van der Waals surface area contributed by atoms with Crippen molar-refractivity contribution in [2.45, 2.75) is 39.8 Å². The molecule has 2 amide bonds. The van der Waals surface area contributed by atoms with Crippen molar-refractivity contribution in [3.8, 4) is 23.0 Å². The quantitative estimate of drug-likeness (QED) is 0.128. The number of carbonyl (C=O) groups excluding carboxylic acids is 2. The molecule has 2 N–H and O–H groups in total. The van der Waals surface area contributed by atoms with E-state index in [0.717, 1.165) is 11.1 Å². The molecule has 1 aliphatic carbocycles. The summed E-state index contributed by atoms with van der Waals surface area (Å²) in [4.78, 5) is 56.7. The predicted molar refractivity (Wildman–Crippen MR) is 187 cm³/mol. The summed E-state index contributed by atoms with van der Waals surface area (Å²) in [5.74, 6) is -7.29. The van der Waals surface area contributed by atoms with Crippen molar-refractivity contribution in [1.29, 1.82) is 0 Å². The molecule has 0 heterocycles. The SMILES string of the molecule is CCCN(Cc1cccc(Oc2ccccc2)c1)C(=O)C1C(C(=O)O)C(C(=O)O)C1C(=O)N(CCC)Cc1cccc(Oc2ccccc2)c1. The minimum Gasteiger partial charge on any atom is -0.481 e. The Bertz CT molecular complexity index is 1650. The van der Waals surface area contributed by atoms with Crippen molar-refractivity contribution in [2.75, 3.05) is 13.1 Å². The Balaban J connectivity index is 1.39. The maximum Gasteiger partial charge on any atom is 0.308 e. The van der Waals surface area contributed by atoms with Gasteiger partial charge in [-0.05, 0) is 72.5 Å². The molecule has 0 radical (unpaired) electrons. The van der Waals surface area contributed by atoms with E-state index in [9.17, 15) is 29.4 Å². The summed E-state index contributed by atoms with van der Waals surface area (Å²) in [6.07, 6.45) is 1.14. The van der Waals surface area contributed by atoms with Crippen LogP contribution in [0.25, 0.3) is 0 Å². The van der Waals surface area contributed by atoms with Gasteiger partial charge in [0.15, 0.2) is 0 Å². The van der Waals surface area contributed by atoms with E-state index in [2.05, 4.69) is 0 Å². The van der Waals surface area contributed by atoms with Crippen LogP contribution in [0.3, 0.4) is 0 Å². The third kappa shape index (κ3) is 8.49. The second-order valence-electron chi connectivity index (χ2n) is 12.4. The number of rotatable bonds is 16. The Morgan fingerprint density at radius 2 is 0.880 bits per heavy atom. The van der Waals surface area contributed by atoms with Crippen LogP contribution in [-0.2, 0) is 32.3 Å². The lowest BCUT2D eigenvalue weighted by Crippen LogP contribution is -2.64. The van der Waals surface area contributed by atoms with Crippen LogP contribution in [-0.4, -0.2) is 56.9 Å². The molecule has 10 nitrogen and oxygen atoms in total. The minimum absolute atomic E-state index is 0.132. The standard InChI is InChI=1S/C40H42N2O8/c1-3-21-41(25-27-13-11-19-31(23-27)49-29-15-7-5-8-16-29)37(43)33-34(36(40(47)48)35(33)39(45)46)38(44)42(22-4-2)26-28-14-12-20-32(24-28)50-30-17-9-6-10-18-30/h5-20,23-24,33-36H,3-4,21-22,25-26H2,1-2H3,(H,45,46)(H,47,48). The Morgan fingerprint density at radius 3 is 1.22 bits per heavy atom. The third-order valence-electron chi connectivity index (χ3n) is 8.80.